The van der Waals surface area contributed by atoms with Crippen LogP contribution in [0.15, 0.2) is 54.6 Å². The average Bonchev–Trinajstić information content (AvgIpc) is 2.97. The maximum absolute atomic E-state index is 12.8. The Kier molecular flexibility index (Phi) is 5.31. The molecular weight excluding hydrogens is 386 g/mol. The first-order valence-corrected chi connectivity index (χ1v) is 9.78. The number of benzene rings is 2. The van der Waals surface area contributed by atoms with Crippen molar-refractivity contribution in [1.29, 1.82) is 0 Å². The lowest BCUT2D eigenvalue weighted by molar-refractivity contribution is -0.137. The molecule has 0 unspecified atom stereocenters. The standard InChI is InChI=1S/C22H23N3O5/c1-15-21(27)24(22(28)25(15)16-8-4-3-5-9-16)13-20(26)23(2)12-17-14-29-18-10-6-7-11-19(18)30-17/h3-11,15,17H,12-14H2,1-2H3/t15-,17+/m0/s1. The number of ether oxygens (including phenoxy) is 2. The molecule has 1 saturated heterocycles. The number of rotatable bonds is 5. The highest BCUT2D eigenvalue weighted by molar-refractivity contribution is 6.15. The smallest absolute Gasteiger partial charge is 0.332 e. The van der Waals surface area contributed by atoms with Crippen LogP contribution in [0.5, 0.6) is 11.5 Å². The summed E-state index contributed by atoms with van der Waals surface area (Å²) in [6.45, 7) is 1.94. The fraction of sp³-hybridized carbons (Fsp3) is 0.318. The number of urea groups is 1. The molecule has 4 amide bonds. The quantitative estimate of drug-likeness (QED) is 0.707. The molecule has 0 radical (unpaired) electrons. The monoisotopic (exact) mass is 409 g/mol. The van der Waals surface area contributed by atoms with Crippen molar-refractivity contribution in [3.8, 4) is 11.5 Å². The van der Waals surface area contributed by atoms with Crippen molar-refractivity contribution in [3.05, 3.63) is 54.6 Å². The molecule has 0 saturated carbocycles. The minimum Gasteiger partial charge on any atom is -0.486 e. The van der Waals surface area contributed by atoms with E-state index in [0.717, 1.165) is 4.90 Å². The molecule has 2 aromatic carbocycles. The maximum atomic E-state index is 12.8. The summed E-state index contributed by atoms with van der Waals surface area (Å²) in [4.78, 5) is 42.1. The third-order valence-corrected chi connectivity index (χ3v) is 5.25. The summed E-state index contributed by atoms with van der Waals surface area (Å²) in [6, 6.07) is 15.1. The normalized spacial score (nSPS) is 20.5. The van der Waals surface area contributed by atoms with Gasteiger partial charge in [0.2, 0.25) is 5.91 Å². The van der Waals surface area contributed by atoms with E-state index in [2.05, 4.69) is 0 Å². The van der Waals surface area contributed by atoms with Gasteiger partial charge in [-0.2, -0.15) is 0 Å². The van der Waals surface area contributed by atoms with Crippen LogP contribution >= 0.6 is 0 Å². The number of para-hydroxylation sites is 3. The second-order valence-corrected chi connectivity index (χ2v) is 7.36. The predicted molar refractivity (Wildman–Crippen MR) is 109 cm³/mol. The van der Waals surface area contributed by atoms with Gasteiger partial charge in [-0.1, -0.05) is 30.3 Å². The molecule has 8 heteroatoms. The van der Waals surface area contributed by atoms with Crippen LogP contribution in [-0.4, -0.2) is 66.5 Å². The van der Waals surface area contributed by atoms with Crippen molar-refractivity contribution in [2.45, 2.75) is 19.1 Å². The fourth-order valence-corrected chi connectivity index (χ4v) is 3.61. The molecule has 1 fully saturated rings. The van der Waals surface area contributed by atoms with Gasteiger partial charge >= 0.3 is 6.03 Å². The van der Waals surface area contributed by atoms with Crippen molar-refractivity contribution in [2.24, 2.45) is 0 Å². The molecule has 0 N–H and O–H groups in total. The Bertz CT molecular complexity index is 964. The summed E-state index contributed by atoms with van der Waals surface area (Å²) in [5.74, 6) is 0.566. The second kappa shape index (κ2) is 8.06. The lowest BCUT2D eigenvalue weighted by Gasteiger charge is -2.30. The minimum atomic E-state index is -0.662. The average molecular weight is 409 g/mol. The minimum absolute atomic E-state index is 0.279. The molecule has 8 nitrogen and oxygen atoms in total. The lowest BCUT2D eigenvalue weighted by Crippen LogP contribution is -2.46. The summed E-state index contributed by atoms with van der Waals surface area (Å²) < 4.78 is 11.6. The van der Waals surface area contributed by atoms with Crippen LogP contribution in [0.1, 0.15) is 6.92 Å². The molecule has 0 bridgehead atoms. The first kappa shape index (κ1) is 19.8. The molecule has 0 spiro atoms. The van der Waals surface area contributed by atoms with Crippen LogP contribution in [0.25, 0.3) is 0 Å². The summed E-state index contributed by atoms with van der Waals surface area (Å²) in [5, 5.41) is 0. The molecule has 156 valence electrons. The number of hydrogen-bond donors (Lipinski definition) is 0. The molecule has 2 heterocycles. The summed E-state index contributed by atoms with van der Waals surface area (Å²) >= 11 is 0. The van der Waals surface area contributed by atoms with Gasteiger partial charge in [0.15, 0.2) is 17.6 Å². The van der Waals surface area contributed by atoms with E-state index in [1.807, 2.05) is 30.3 Å². The first-order chi connectivity index (χ1) is 14.5. The van der Waals surface area contributed by atoms with Crippen molar-refractivity contribution in [3.63, 3.8) is 0 Å². The summed E-state index contributed by atoms with van der Waals surface area (Å²) in [5.41, 5.74) is 0.623. The number of nitrogens with zero attached hydrogens (tertiary/aromatic N) is 3. The Hall–Kier alpha value is -3.55. The largest absolute Gasteiger partial charge is 0.486 e. The number of fused-ring (bicyclic) bond motifs is 1. The highest BCUT2D eigenvalue weighted by Gasteiger charge is 2.44. The number of imide groups is 1. The number of amides is 4. The van der Waals surface area contributed by atoms with Crippen LogP contribution < -0.4 is 14.4 Å². The number of likely N-dealkylation sites (N-methyl/N-ethyl adjacent to an activating group) is 1. The molecular formula is C22H23N3O5. The van der Waals surface area contributed by atoms with Crippen LogP contribution in [0.4, 0.5) is 10.5 Å². The number of anilines is 1. The third kappa shape index (κ3) is 3.68. The van der Waals surface area contributed by atoms with E-state index in [9.17, 15) is 14.4 Å². The SMILES string of the molecule is C[C@H]1C(=O)N(CC(=O)N(C)C[C@@H]2COc3ccccc3O2)C(=O)N1c1ccccc1. The van der Waals surface area contributed by atoms with Gasteiger partial charge in [-0.15, -0.1) is 0 Å². The molecule has 2 aromatic rings. The van der Waals surface area contributed by atoms with Crippen molar-refractivity contribution in [2.75, 3.05) is 31.6 Å². The van der Waals surface area contributed by atoms with E-state index < -0.39 is 18.0 Å². The zero-order valence-electron chi connectivity index (χ0n) is 16.9. The van der Waals surface area contributed by atoms with Gasteiger partial charge in [0.05, 0.1) is 6.54 Å². The summed E-state index contributed by atoms with van der Waals surface area (Å²) in [6.07, 6.45) is -0.335. The van der Waals surface area contributed by atoms with Crippen LogP contribution in [-0.2, 0) is 9.59 Å². The van der Waals surface area contributed by atoms with Crippen LogP contribution in [0.3, 0.4) is 0 Å². The number of carbonyl (C=O) groups excluding carboxylic acids is 3. The van der Waals surface area contributed by atoms with E-state index >= 15 is 0 Å². The Morgan fingerprint density at radius 1 is 1.07 bits per heavy atom. The van der Waals surface area contributed by atoms with Crippen LogP contribution in [0.2, 0.25) is 0 Å². The van der Waals surface area contributed by atoms with Gasteiger partial charge < -0.3 is 14.4 Å². The first-order valence-electron chi connectivity index (χ1n) is 9.78. The second-order valence-electron chi connectivity index (χ2n) is 7.36. The zero-order chi connectivity index (χ0) is 21.3. The Morgan fingerprint density at radius 3 is 2.47 bits per heavy atom. The van der Waals surface area contributed by atoms with E-state index in [1.165, 1.54) is 9.80 Å². The molecule has 0 aromatic heterocycles. The number of carbonyl (C=O) groups is 3. The van der Waals surface area contributed by atoms with Crippen LogP contribution in [0, 0.1) is 0 Å². The Morgan fingerprint density at radius 2 is 1.73 bits per heavy atom. The van der Waals surface area contributed by atoms with E-state index in [-0.39, 0.29) is 25.1 Å². The van der Waals surface area contributed by atoms with Gasteiger partial charge in [0.25, 0.3) is 5.91 Å². The van der Waals surface area contributed by atoms with Gasteiger partial charge in [0.1, 0.15) is 19.2 Å². The lowest BCUT2D eigenvalue weighted by atomic mass is 10.2. The molecule has 2 aliphatic heterocycles. The number of hydrogen-bond acceptors (Lipinski definition) is 5. The van der Waals surface area contributed by atoms with Gasteiger partial charge in [-0.05, 0) is 31.2 Å². The molecule has 2 aliphatic rings. The highest BCUT2D eigenvalue weighted by Crippen LogP contribution is 2.31. The molecule has 30 heavy (non-hydrogen) atoms. The Balaban J connectivity index is 1.38. The topological polar surface area (TPSA) is 79.4 Å². The van der Waals surface area contributed by atoms with E-state index in [4.69, 9.17) is 9.47 Å². The van der Waals surface area contributed by atoms with Crippen molar-refractivity contribution in [1.82, 2.24) is 9.80 Å². The highest BCUT2D eigenvalue weighted by atomic mass is 16.6. The molecule has 0 aliphatic carbocycles. The maximum Gasteiger partial charge on any atom is 0.332 e. The van der Waals surface area contributed by atoms with Crippen molar-refractivity contribution < 1.29 is 23.9 Å². The Labute approximate surface area is 174 Å². The molecule has 2 atom stereocenters. The molecule has 4 rings (SSSR count). The zero-order valence-corrected chi connectivity index (χ0v) is 16.9. The predicted octanol–water partition coefficient (Wildman–Crippen LogP) is 2.14. The van der Waals surface area contributed by atoms with Gasteiger partial charge in [-0.25, -0.2) is 4.79 Å². The summed E-state index contributed by atoms with van der Waals surface area (Å²) in [7, 11) is 1.62. The third-order valence-electron chi connectivity index (χ3n) is 5.25. The van der Waals surface area contributed by atoms with Gasteiger partial charge in [0, 0.05) is 12.7 Å². The van der Waals surface area contributed by atoms with E-state index in [0.29, 0.717) is 23.8 Å². The fourth-order valence-electron chi connectivity index (χ4n) is 3.61. The van der Waals surface area contributed by atoms with Gasteiger partial charge in [-0.3, -0.25) is 19.4 Å². The van der Waals surface area contributed by atoms with E-state index in [1.54, 1.807) is 38.2 Å². The van der Waals surface area contributed by atoms with Crippen molar-refractivity contribution >= 4 is 23.5 Å².